The summed E-state index contributed by atoms with van der Waals surface area (Å²) in [6, 6.07) is 6.61. The van der Waals surface area contributed by atoms with Crippen molar-refractivity contribution in [3.8, 4) is 11.5 Å². The maximum Gasteiger partial charge on any atom is 0.243 e. The Labute approximate surface area is 177 Å². The molecule has 0 bridgehead atoms. The van der Waals surface area contributed by atoms with Gasteiger partial charge in [-0.1, -0.05) is 0 Å². The lowest BCUT2D eigenvalue weighted by molar-refractivity contribution is 0.171. The van der Waals surface area contributed by atoms with Gasteiger partial charge in [-0.3, -0.25) is 0 Å². The van der Waals surface area contributed by atoms with Gasteiger partial charge in [0.05, 0.1) is 23.2 Å². The van der Waals surface area contributed by atoms with Gasteiger partial charge in [0.2, 0.25) is 10.0 Å². The van der Waals surface area contributed by atoms with Crippen LogP contribution in [0.3, 0.4) is 0 Å². The molecule has 1 aromatic heterocycles. The van der Waals surface area contributed by atoms with Crippen LogP contribution in [0.1, 0.15) is 30.4 Å². The van der Waals surface area contributed by atoms with Crippen molar-refractivity contribution in [2.75, 3.05) is 45.8 Å². The molecule has 1 unspecified atom stereocenters. The SMILES string of the molecule is CN(C)c1cc(CN(C)S(=O)(=O)c2ccc3c(c2)OCCO3)nc(C2CCCN2)n1. The van der Waals surface area contributed by atoms with Gasteiger partial charge in [-0.2, -0.15) is 4.31 Å². The normalized spacial score (nSPS) is 18.6. The quantitative estimate of drug-likeness (QED) is 0.733. The fourth-order valence-corrected chi connectivity index (χ4v) is 4.71. The highest BCUT2D eigenvalue weighted by molar-refractivity contribution is 7.89. The zero-order valence-electron chi connectivity index (χ0n) is 17.5. The second-order valence-electron chi connectivity index (χ2n) is 7.69. The highest BCUT2D eigenvalue weighted by atomic mass is 32.2. The van der Waals surface area contributed by atoms with E-state index in [0.29, 0.717) is 36.2 Å². The van der Waals surface area contributed by atoms with E-state index >= 15 is 0 Å². The first-order chi connectivity index (χ1) is 14.3. The van der Waals surface area contributed by atoms with Crippen molar-refractivity contribution in [2.45, 2.75) is 30.3 Å². The molecule has 0 radical (unpaired) electrons. The van der Waals surface area contributed by atoms with Crippen LogP contribution in [0.5, 0.6) is 11.5 Å². The second-order valence-corrected chi connectivity index (χ2v) is 9.73. The third-order valence-corrected chi connectivity index (χ3v) is 7.02. The number of ether oxygens (including phenoxy) is 2. The molecule has 1 fully saturated rings. The molecule has 0 amide bonds. The van der Waals surface area contributed by atoms with Crippen LogP contribution in [0.2, 0.25) is 0 Å². The highest BCUT2D eigenvalue weighted by Gasteiger charge is 2.26. The van der Waals surface area contributed by atoms with Gasteiger partial charge in [0.1, 0.15) is 24.9 Å². The van der Waals surface area contributed by atoms with Crippen molar-refractivity contribution in [1.82, 2.24) is 19.6 Å². The minimum atomic E-state index is -3.73. The zero-order chi connectivity index (χ0) is 21.3. The number of sulfonamides is 1. The molecule has 2 aliphatic heterocycles. The predicted molar refractivity (Wildman–Crippen MR) is 112 cm³/mol. The van der Waals surface area contributed by atoms with E-state index in [4.69, 9.17) is 9.47 Å². The molecule has 1 saturated heterocycles. The smallest absolute Gasteiger partial charge is 0.243 e. The minimum absolute atomic E-state index is 0.100. The topological polar surface area (TPSA) is 96.9 Å². The number of aromatic nitrogens is 2. The van der Waals surface area contributed by atoms with Crippen molar-refractivity contribution >= 4 is 15.8 Å². The van der Waals surface area contributed by atoms with E-state index in [9.17, 15) is 8.42 Å². The first-order valence-electron chi connectivity index (χ1n) is 9.99. The number of nitrogens with one attached hydrogen (secondary N) is 1. The standard InChI is InChI=1S/C20H27N5O4S/c1-24(2)19-11-14(22-20(23-19)16-5-4-8-21-16)13-25(3)30(26,27)15-6-7-17-18(12-15)29-10-9-28-17/h6-7,11-12,16,21H,4-5,8-10,13H2,1-3H3. The van der Waals surface area contributed by atoms with Crippen molar-refractivity contribution in [2.24, 2.45) is 0 Å². The van der Waals surface area contributed by atoms with E-state index in [0.717, 1.165) is 25.2 Å². The molecule has 2 aromatic rings. The average molecular weight is 434 g/mol. The fraction of sp³-hybridized carbons (Fsp3) is 0.500. The molecule has 30 heavy (non-hydrogen) atoms. The lowest BCUT2D eigenvalue weighted by Crippen LogP contribution is -2.28. The van der Waals surface area contributed by atoms with Gasteiger partial charge in [0.25, 0.3) is 0 Å². The number of hydrogen-bond acceptors (Lipinski definition) is 8. The molecule has 3 heterocycles. The summed E-state index contributed by atoms with van der Waals surface area (Å²) in [7, 11) is 1.65. The van der Waals surface area contributed by atoms with Crippen molar-refractivity contribution in [3.63, 3.8) is 0 Å². The molecule has 4 rings (SSSR count). The third kappa shape index (κ3) is 4.21. The number of anilines is 1. The Kier molecular flexibility index (Phi) is 5.81. The van der Waals surface area contributed by atoms with Crippen LogP contribution in [0.25, 0.3) is 0 Å². The van der Waals surface area contributed by atoms with Gasteiger partial charge in [-0.05, 0) is 31.5 Å². The average Bonchev–Trinajstić information content (AvgIpc) is 3.28. The third-order valence-electron chi connectivity index (χ3n) is 5.22. The molecule has 0 saturated carbocycles. The minimum Gasteiger partial charge on any atom is -0.486 e. The van der Waals surface area contributed by atoms with Gasteiger partial charge in [0, 0.05) is 33.3 Å². The highest BCUT2D eigenvalue weighted by Crippen LogP contribution is 2.33. The van der Waals surface area contributed by atoms with E-state index in [1.165, 1.54) is 10.4 Å². The lowest BCUT2D eigenvalue weighted by Gasteiger charge is -2.22. The molecular formula is C20H27N5O4S. The summed E-state index contributed by atoms with van der Waals surface area (Å²) in [6.45, 7) is 1.94. The van der Waals surface area contributed by atoms with Gasteiger partial charge in [0.15, 0.2) is 11.5 Å². The summed E-state index contributed by atoms with van der Waals surface area (Å²) < 4.78 is 38.6. The van der Waals surface area contributed by atoms with Crippen LogP contribution in [-0.4, -0.2) is 63.6 Å². The molecular weight excluding hydrogens is 406 g/mol. The number of hydrogen-bond donors (Lipinski definition) is 1. The van der Waals surface area contributed by atoms with Crippen molar-refractivity contribution in [3.05, 3.63) is 35.8 Å². The Balaban J connectivity index is 1.60. The zero-order valence-corrected chi connectivity index (χ0v) is 18.3. The van der Waals surface area contributed by atoms with Gasteiger partial charge < -0.3 is 19.7 Å². The van der Waals surface area contributed by atoms with Crippen LogP contribution >= 0.6 is 0 Å². The van der Waals surface area contributed by atoms with Crippen molar-refractivity contribution in [1.29, 1.82) is 0 Å². The Morgan fingerprint density at radius 2 is 1.87 bits per heavy atom. The monoisotopic (exact) mass is 433 g/mol. The Morgan fingerprint density at radius 3 is 2.57 bits per heavy atom. The van der Waals surface area contributed by atoms with E-state index in [1.54, 1.807) is 19.2 Å². The van der Waals surface area contributed by atoms with Gasteiger partial charge in [-0.15, -0.1) is 0 Å². The summed E-state index contributed by atoms with van der Waals surface area (Å²) in [6.07, 6.45) is 2.05. The Hall–Kier alpha value is -2.43. The fourth-order valence-electron chi connectivity index (χ4n) is 3.55. The first-order valence-corrected chi connectivity index (χ1v) is 11.4. The van der Waals surface area contributed by atoms with E-state index in [1.807, 2.05) is 25.1 Å². The summed E-state index contributed by atoms with van der Waals surface area (Å²) >= 11 is 0. The van der Waals surface area contributed by atoms with Crippen LogP contribution in [0.4, 0.5) is 5.82 Å². The lowest BCUT2D eigenvalue weighted by atomic mass is 10.2. The molecule has 1 aromatic carbocycles. The van der Waals surface area contributed by atoms with Gasteiger partial charge in [-0.25, -0.2) is 18.4 Å². The van der Waals surface area contributed by atoms with Gasteiger partial charge >= 0.3 is 0 Å². The molecule has 162 valence electrons. The summed E-state index contributed by atoms with van der Waals surface area (Å²) in [5.41, 5.74) is 0.654. The van der Waals surface area contributed by atoms with Crippen LogP contribution in [-0.2, 0) is 16.6 Å². The van der Waals surface area contributed by atoms with E-state index < -0.39 is 10.0 Å². The molecule has 2 aliphatic rings. The maximum atomic E-state index is 13.1. The van der Waals surface area contributed by atoms with Crippen LogP contribution in [0.15, 0.2) is 29.2 Å². The Morgan fingerprint density at radius 1 is 1.10 bits per heavy atom. The summed E-state index contributed by atoms with van der Waals surface area (Å²) in [5, 5.41) is 3.40. The van der Waals surface area contributed by atoms with E-state index in [-0.39, 0.29) is 17.5 Å². The molecule has 0 spiro atoms. The second kappa shape index (κ2) is 8.37. The molecule has 1 atom stereocenters. The summed E-state index contributed by atoms with van der Waals surface area (Å²) in [4.78, 5) is 11.4. The molecule has 10 heteroatoms. The number of fused-ring (bicyclic) bond motifs is 1. The molecule has 1 N–H and O–H groups in total. The Bertz CT molecular complexity index is 1020. The number of nitrogens with zero attached hydrogens (tertiary/aromatic N) is 4. The van der Waals surface area contributed by atoms with E-state index in [2.05, 4.69) is 15.3 Å². The largest absolute Gasteiger partial charge is 0.486 e. The first kappa shape index (κ1) is 20.8. The molecule has 0 aliphatic carbocycles. The van der Waals surface area contributed by atoms with Crippen LogP contribution in [0, 0.1) is 0 Å². The predicted octanol–water partition coefficient (Wildman–Crippen LogP) is 1.56. The van der Waals surface area contributed by atoms with Crippen molar-refractivity contribution < 1.29 is 17.9 Å². The maximum absolute atomic E-state index is 13.1. The number of rotatable bonds is 6. The van der Waals surface area contributed by atoms with Crippen LogP contribution < -0.4 is 19.7 Å². The summed E-state index contributed by atoms with van der Waals surface area (Å²) in [5.74, 6) is 2.47. The number of benzene rings is 1. The molecule has 9 nitrogen and oxygen atoms in total.